The molecule has 1 aromatic carbocycles. The van der Waals surface area contributed by atoms with Crippen LogP contribution in [0.25, 0.3) is 0 Å². The van der Waals surface area contributed by atoms with E-state index in [4.69, 9.17) is 28.9 Å². The lowest BCUT2D eigenvalue weighted by molar-refractivity contribution is 0.808. The molecule has 0 spiro atoms. The van der Waals surface area contributed by atoms with Crippen LogP contribution in [0.2, 0.25) is 10.2 Å². The zero-order valence-electron chi connectivity index (χ0n) is 12.2. The number of aromatic nitrogens is 1. The predicted molar refractivity (Wildman–Crippen MR) is 104 cm³/mol. The van der Waals surface area contributed by atoms with Crippen molar-refractivity contribution in [3.63, 3.8) is 0 Å². The number of nitrogens with one attached hydrogen (secondary N) is 1. The van der Waals surface area contributed by atoms with Gasteiger partial charge in [-0.1, -0.05) is 53.5 Å². The van der Waals surface area contributed by atoms with Crippen molar-refractivity contribution in [3.05, 3.63) is 57.8 Å². The second kappa shape index (κ2) is 9.27. The van der Waals surface area contributed by atoms with Gasteiger partial charge in [0.1, 0.15) is 5.15 Å². The minimum Gasteiger partial charge on any atom is -0.370 e. The molecule has 1 heterocycles. The van der Waals surface area contributed by atoms with Gasteiger partial charge in [0, 0.05) is 19.3 Å². The van der Waals surface area contributed by atoms with E-state index in [1.807, 2.05) is 25.2 Å². The Kier molecular flexibility index (Phi) is 8.06. The molecule has 2 aromatic rings. The van der Waals surface area contributed by atoms with Gasteiger partial charge >= 0.3 is 0 Å². The Bertz CT molecular complexity index is 626. The Hall–Kier alpha value is -0.920. The molecule has 0 saturated carbocycles. The van der Waals surface area contributed by atoms with Gasteiger partial charge in [-0.05, 0) is 18.1 Å². The molecule has 0 atom stereocenters. The van der Waals surface area contributed by atoms with Crippen molar-refractivity contribution in [2.24, 2.45) is 17.8 Å². The smallest absolute Gasteiger partial charge is 0.188 e. The van der Waals surface area contributed by atoms with Crippen LogP contribution in [0.3, 0.4) is 0 Å². The van der Waals surface area contributed by atoms with Crippen LogP contribution in [-0.4, -0.2) is 17.1 Å². The minimum absolute atomic E-state index is 0. The van der Waals surface area contributed by atoms with Gasteiger partial charge in [-0.2, -0.15) is 0 Å². The van der Waals surface area contributed by atoms with Crippen LogP contribution in [-0.2, 0) is 20.0 Å². The summed E-state index contributed by atoms with van der Waals surface area (Å²) in [6, 6.07) is 12.0. The van der Waals surface area contributed by atoms with Crippen molar-refractivity contribution in [1.29, 1.82) is 0 Å². The van der Waals surface area contributed by atoms with Gasteiger partial charge in [0.25, 0.3) is 0 Å². The van der Waals surface area contributed by atoms with Crippen molar-refractivity contribution in [2.75, 3.05) is 6.54 Å². The van der Waals surface area contributed by atoms with E-state index in [-0.39, 0.29) is 24.0 Å². The minimum atomic E-state index is 0. The molecule has 0 bridgehead atoms. The lowest BCUT2D eigenvalue weighted by Crippen LogP contribution is -2.33. The van der Waals surface area contributed by atoms with E-state index in [1.165, 1.54) is 5.56 Å². The molecule has 1 aromatic heterocycles. The summed E-state index contributed by atoms with van der Waals surface area (Å²) in [6.45, 7) is 1.18. The highest BCUT2D eigenvalue weighted by molar-refractivity contribution is 14.0. The largest absolute Gasteiger partial charge is 0.370 e. The van der Waals surface area contributed by atoms with E-state index in [0.717, 1.165) is 18.7 Å². The quantitative estimate of drug-likeness (QED) is 0.413. The van der Waals surface area contributed by atoms with Crippen LogP contribution >= 0.6 is 47.2 Å². The maximum absolute atomic E-state index is 6.00. The number of guanidine groups is 1. The van der Waals surface area contributed by atoms with Crippen molar-refractivity contribution >= 4 is 53.1 Å². The van der Waals surface area contributed by atoms with Crippen molar-refractivity contribution in [3.8, 4) is 0 Å². The molecule has 4 nitrogen and oxygen atoms in total. The molecule has 7 heteroatoms. The van der Waals surface area contributed by atoms with Gasteiger partial charge in [-0.3, -0.25) is 0 Å². The molecule has 0 fully saturated rings. The van der Waals surface area contributed by atoms with Gasteiger partial charge < -0.3 is 15.6 Å². The molecule has 0 unspecified atom stereocenters. The van der Waals surface area contributed by atoms with Gasteiger partial charge in [0.05, 0.1) is 11.6 Å². The number of hydrogen-bond donors (Lipinski definition) is 2. The first-order chi connectivity index (χ1) is 10.1. The highest BCUT2D eigenvalue weighted by Crippen LogP contribution is 2.25. The number of aliphatic imine (C=N–C) groups is 1. The second-order valence-corrected chi connectivity index (χ2v) is 5.46. The average molecular weight is 453 g/mol. The first-order valence-corrected chi connectivity index (χ1v) is 7.41. The fraction of sp³-hybridized carbons (Fsp3) is 0.267. The zero-order valence-corrected chi connectivity index (χ0v) is 16.1. The molecule has 120 valence electrons. The normalized spacial score (nSPS) is 11.1. The molecule has 3 N–H and O–H groups in total. The molecular weight excluding hydrogens is 434 g/mol. The Balaban J connectivity index is 0.00000242. The summed E-state index contributed by atoms with van der Waals surface area (Å²) in [7, 11) is 1.85. The van der Waals surface area contributed by atoms with Crippen molar-refractivity contribution < 1.29 is 0 Å². The van der Waals surface area contributed by atoms with E-state index in [9.17, 15) is 0 Å². The SMILES string of the molecule is Cn1c(CN=C(N)NCCc2ccccc2)cc(Cl)c1Cl.I. The summed E-state index contributed by atoms with van der Waals surface area (Å²) < 4.78 is 1.80. The lowest BCUT2D eigenvalue weighted by atomic mass is 10.1. The summed E-state index contributed by atoms with van der Waals surface area (Å²) >= 11 is 12.0. The second-order valence-electron chi connectivity index (χ2n) is 4.70. The topological polar surface area (TPSA) is 55.3 Å². The number of hydrogen-bond acceptors (Lipinski definition) is 1. The number of nitrogens with two attached hydrogens (primary N) is 1. The molecule has 0 aliphatic heterocycles. The zero-order chi connectivity index (χ0) is 15.2. The Morgan fingerprint density at radius 3 is 2.55 bits per heavy atom. The summed E-state index contributed by atoms with van der Waals surface area (Å²) in [4.78, 5) is 4.29. The van der Waals surface area contributed by atoms with E-state index in [0.29, 0.717) is 22.7 Å². The predicted octanol–water partition coefficient (Wildman–Crippen LogP) is 3.60. The van der Waals surface area contributed by atoms with Gasteiger partial charge in [-0.25, -0.2) is 4.99 Å². The molecule has 0 saturated heterocycles. The highest BCUT2D eigenvalue weighted by Gasteiger charge is 2.08. The summed E-state index contributed by atoms with van der Waals surface area (Å²) in [5.41, 5.74) is 8.02. The third-order valence-corrected chi connectivity index (χ3v) is 4.03. The van der Waals surface area contributed by atoms with Crippen LogP contribution in [0, 0.1) is 0 Å². The first-order valence-electron chi connectivity index (χ1n) is 6.65. The van der Waals surface area contributed by atoms with Crippen molar-refractivity contribution in [2.45, 2.75) is 13.0 Å². The molecule has 0 amide bonds. The molecule has 0 radical (unpaired) electrons. The maximum atomic E-state index is 6.00. The summed E-state index contributed by atoms with van der Waals surface area (Å²) in [5, 5.41) is 4.13. The van der Waals surface area contributed by atoms with Crippen LogP contribution in [0.15, 0.2) is 41.4 Å². The first kappa shape index (κ1) is 19.1. The number of nitrogens with zero attached hydrogens (tertiary/aromatic N) is 2. The third kappa shape index (κ3) is 5.37. The fourth-order valence-electron chi connectivity index (χ4n) is 1.94. The van der Waals surface area contributed by atoms with Gasteiger partial charge in [0.2, 0.25) is 0 Å². The van der Waals surface area contributed by atoms with Crippen LogP contribution in [0.4, 0.5) is 0 Å². The van der Waals surface area contributed by atoms with Crippen molar-refractivity contribution in [1.82, 2.24) is 9.88 Å². The molecule has 2 rings (SSSR count). The maximum Gasteiger partial charge on any atom is 0.188 e. The number of rotatable bonds is 5. The van der Waals surface area contributed by atoms with Gasteiger partial charge in [0.15, 0.2) is 5.96 Å². The summed E-state index contributed by atoms with van der Waals surface area (Å²) in [6.07, 6.45) is 0.902. The fourth-order valence-corrected chi connectivity index (χ4v) is 2.36. The standard InChI is InChI=1S/C15H18Cl2N4.HI/c1-21-12(9-13(16)14(21)17)10-20-15(18)19-8-7-11-5-3-2-4-6-11;/h2-6,9H,7-8,10H2,1H3,(H3,18,19,20);1H. The van der Waals surface area contributed by atoms with Crippen LogP contribution in [0.1, 0.15) is 11.3 Å². The molecule has 0 aliphatic carbocycles. The monoisotopic (exact) mass is 452 g/mol. The van der Waals surface area contributed by atoms with E-state index in [2.05, 4.69) is 22.4 Å². The Labute approximate surface area is 157 Å². The molecule has 22 heavy (non-hydrogen) atoms. The molecule has 0 aliphatic rings. The lowest BCUT2D eigenvalue weighted by Gasteiger charge is -2.06. The summed E-state index contributed by atoms with van der Waals surface area (Å²) in [5.74, 6) is 0.416. The van der Waals surface area contributed by atoms with E-state index >= 15 is 0 Å². The van der Waals surface area contributed by atoms with Crippen LogP contribution < -0.4 is 11.1 Å². The van der Waals surface area contributed by atoms with Gasteiger partial charge in [-0.15, -0.1) is 24.0 Å². The van der Waals surface area contributed by atoms with E-state index < -0.39 is 0 Å². The third-order valence-electron chi connectivity index (χ3n) is 3.19. The van der Waals surface area contributed by atoms with E-state index in [1.54, 1.807) is 10.6 Å². The van der Waals surface area contributed by atoms with Crippen LogP contribution in [0.5, 0.6) is 0 Å². The Morgan fingerprint density at radius 2 is 1.95 bits per heavy atom. The Morgan fingerprint density at radius 1 is 1.27 bits per heavy atom. The number of benzene rings is 1. The highest BCUT2D eigenvalue weighted by atomic mass is 127. The average Bonchev–Trinajstić information content (AvgIpc) is 2.73. The number of halogens is 3. The molecular formula is C15H19Cl2IN4.